The molecule has 4 aromatic rings. The summed E-state index contributed by atoms with van der Waals surface area (Å²) in [6, 6.07) is 23.8. The highest BCUT2D eigenvalue weighted by molar-refractivity contribution is 5.95. The molecule has 0 unspecified atom stereocenters. The molecule has 0 fully saturated rings. The Balaban J connectivity index is 1.48. The third-order valence-electron chi connectivity index (χ3n) is 5.28. The lowest BCUT2D eigenvalue weighted by Crippen LogP contribution is -2.15. The fourth-order valence-electron chi connectivity index (χ4n) is 3.48. The van der Waals surface area contributed by atoms with Crippen molar-refractivity contribution in [1.29, 1.82) is 0 Å². The van der Waals surface area contributed by atoms with Crippen LogP contribution in [-0.4, -0.2) is 10.9 Å². The number of hydrogen-bond acceptors (Lipinski definition) is 2. The van der Waals surface area contributed by atoms with E-state index in [0.717, 1.165) is 33.2 Å². The highest BCUT2D eigenvalue weighted by atomic mass is 16.1. The topological polar surface area (TPSA) is 62.0 Å². The third kappa shape index (κ3) is 3.97. The maximum absolute atomic E-state index is 12.5. The first-order chi connectivity index (χ1) is 14.0. The summed E-state index contributed by atoms with van der Waals surface area (Å²) in [5, 5.41) is 3.90. The molecule has 4 nitrogen and oxygen atoms in total. The molecule has 0 radical (unpaired) electrons. The molecule has 29 heavy (non-hydrogen) atoms. The van der Waals surface area contributed by atoms with Crippen molar-refractivity contribution in [2.24, 2.45) is 0 Å². The molecule has 0 saturated heterocycles. The van der Waals surface area contributed by atoms with Crippen molar-refractivity contribution in [3.63, 3.8) is 0 Å². The largest absolute Gasteiger partial charge is 0.326 e. The molecule has 0 aliphatic heterocycles. The summed E-state index contributed by atoms with van der Waals surface area (Å²) >= 11 is 0. The standard InChI is InChI=1S/C25H22N2O2/c1-16-17(2)25(29)27-23-15-21(12-13-22(16)23)26-24(28)14-18-8-10-20(11-9-18)19-6-4-3-5-7-19/h3-13,15H,14H2,1-2H3,(H,26,28)(H,27,29). The Kier molecular flexibility index (Phi) is 5.00. The number of pyridine rings is 1. The van der Waals surface area contributed by atoms with Gasteiger partial charge in [0.05, 0.1) is 11.9 Å². The Hall–Kier alpha value is -3.66. The number of aromatic nitrogens is 1. The molecule has 3 aromatic carbocycles. The summed E-state index contributed by atoms with van der Waals surface area (Å²) in [7, 11) is 0. The lowest BCUT2D eigenvalue weighted by molar-refractivity contribution is -0.115. The third-order valence-corrected chi connectivity index (χ3v) is 5.28. The van der Waals surface area contributed by atoms with E-state index in [1.807, 2.05) is 68.4 Å². The Labute approximate surface area is 169 Å². The molecule has 0 saturated carbocycles. The van der Waals surface area contributed by atoms with Gasteiger partial charge in [0.2, 0.25) is 5.91 Å². The van der Waals surface area contributed by atoms with Crippen LogP contribution in [0.25, 0.3) is 22.0 Å². The minimum absolute atomic E-state index is 0.0945. The fraction of sp³-hybridized carbons (Fsp3) is 0.120. The highest BCUT2D eigenvalue weighted by Crippen LogP contribution is 2.22. The number of rotatable bonds is 4. The van der Waals surface area contributed by atoms with Crippen molar-refractivity contribution in [1.82, 2.24) is 4.98 Å². The van der Waals surface area contributed by atoms with Crippen molar-refractivity contribution in [3.8, 4) is 11.1 Å². The smallest absolute Gasteiger partial charge is 0.251 e. The van der Waals surface area contributed by atoms with Crippen LogP contribution in [0.3, 0.4) is 0 Å². The number of H-pyrrole nitrogens is 1. The van der Waals surface area contributed by atoms with Gasteiger partial charge in [0.15, 0.2) is 0 Å². The van der Waals surface area contributed by atoms with Crippen molar-refractivity contribution in [2.45, 2.75) is 20.3 Å². The minimum atomic E-state index is -0.100. The van der Waals surface area contributed by atoms with E-state index in [0.29, 0.717) is 11.3 Å². The molecule has 0 aliphatic rings. The van der Waals surface area contributed by atoms with E-state index in [9.17, 15) is 9.59 Å². The number of nitrogens with one attached hydrogen (secondary N) is 2. The highest BCUT2D eigenvalue weighted by Gasteiger charge is 2.08. The number of fused-ring (bicyclic) bond motifs is 1. The molecule has 0 bridgehead atoms. The van der Waals surface area contributed by atoms with Crippen molar-refractivity contribution in [3.05, 3.63) is 99.8 Å². The maximum atomic E-state index is 12.5. The zero-order chi connectivity index (χ0) is 20.4. The first-order valence-electron chi connectivity index (χ1n) is 9.59. The molecule has 144 valence electrons. The number of aromatic amines is 1. The van der Waals surface area contributed by atoms with E-state index in [2.05, 4.69) is 22.4 Å². The van der Waals surface area contributed by atoms with Crippen molar-refractivity contribution < 1.29 is 4.79 Å². The second-order valence-electron chi connectivity index (χ2n) is 7.25. The summed E-state index contributed by atoms with van der Waals surface area (Å²) < 4.78 is 0. The van der Waals surface area contributed by atoms with Gasteiger partial charge in [-0.3, -0.25) is 9.59 Å². The zero-order valence-corrected chi connectivity index (χ0v) is 16.5. The average Bonchev–Trinajstić information content (AvgIpc) is 2.73. The predicted molar refractivity (Wildman–Crippen MR) is 118 cm³/mol. The van der Waals surface area contributed by atoms with Gasteiger partial charge in [0.25, 0.3) is 5.56 Å². The van der Waals surface area contributed by atoms with E-state index in [1.165, 1.54) is 0 Å². The minimum Gasteiger partial charge on any atom is -0.326 e. The summed E-state index contributed by atoms with van der Waals surface area (Å²) in [4.78, 5) is 27.4. The molecule has 2 N–H and O–H groups in total. The number of hydrogen-bond donors (Lipinski definition) is 2. The number of carbonyl (C=O) groups excluding carboxylic acids is 1. The average molecular weight is 382 g/mol. The SMILES string of the molecule is Cc1c(C)c2ccc(NC(=O)Cc3ccc(-c4ccccc4)cc3)cc2[nH]c1=O. The first-order valence-corrected chi connectivity index (χ1v) is 9.59. The van der Waals surface area contributed by atoms with Crippen LogP contribution in [0.15, 0.2) is 77.6 Å². The van der Waals surface area contributed by atoms with Crippen LogP contribution in [0.1, 0.15) is 16.7 Å². The van der Waals surface area contributed by atoms with E-state index in [1.54, 1.807) is 6.07 Å². The summed E-state index contributed by atoms with van der Waals surface area (Å²) in [6.07, 6.45) is 0.288. The van der Waals surface area contributed by atoms with Gasteiger partial charge >= 0.3 is 0 Å². The van der Waals surface area contributed by atoms with Crippen LogP contribution < -0.4 is 10.9 Å². The molecule has 1 aromatic heterocycles. The molecule has 1 amide bonds. The number of anilines is 1. The van der Waals surface area contributed by atoms with Crippen LogP contribution in [0.5, 0.6) is 0 Å². The van der Waals surface area contributed by atoms with Crippen LogP contribution in [0, 0.1) is 13.8 Å². The molecule has 1 heterocycles. The van der Waals surface area contributed by atoms with E-state index in [-0.39, 0.29) is 17.9 Å². The van der Waals surface area contributed by atoms with Gasteiger partial charge in [-0.2, -0.15) is 0 Å². The van der Waals surface area contributed by atoms with E-state index >= 15 is 0 Å². The van der Waals surface area contributed by atoms with Gasteiger partial charge in [0.1, 0.15) is 0 Å². The number of aryl methyl sites for hydroxylation is 1. The Morgan fingerprint density at radius 2 is 1.55 bits per heavy atom. The van der Waals surface area contributed by atoms with Crippen molar-refractivity contribution in [2.75, 3.05) is 5.32 Å². The number of benzene rings is 3. The normalized spacial score (nSPS) is 10.8. The van der Waals surface area contributed by atoms with Crippen LogP contribution in [-0.2, 0) is 11.2 Å². The zero-order valence-electron chi connectivity index (χ0n) is 16.5. The molecule has 0 spiro atoms. The van der Waals surface area contributed by atoms with Crippen LogP contribution in [0.4, 0.5) is 5.69 Å². The molecule has 4 rings (SSSR count). The van der Waals surface area contributed by atoms with Gasteiger partial charge in [-0.15, -0.1) is 0 Å². The summed E-state index contributed by atoms with van der Waals surface area (Å²) in [6.45, 7) is 3.75. The lowest BCUT2D eigenvalue weighted by atomic mass is 10.0. The second-order valence-corrected chi connectivity index (χ2v) is 7.25. The Bertz CT molecular complexity index is 1240. The summed E-state index contributed by atoms with van der Waals surface area (Å²) in [5.41, 5.74) is 6.19. The fourth-order valence-corrected chi connectivity index (χ4v) is 3.48. The van der Waals surface area contributed by atoms with Gasteiger partial charge in [-0.05, 0) is 48.2 Å². The second kappa shape index (κ2) is 7.76. The van der Waals surface area contributed by atoms with Crippen molar-refractivity contribution >= 4 is 22.5 Å². The van der Waals surface area contributed by atoms with Gasteiger partial charge in [-0.1, -0.05) is 60.7 Å². The Morgan fingerprint density at radius 1 is 0.862 bits per heavy atom. The first kappa shape index (κ1) is 18.7. The number of carbonyl (C=O) groups is 1. The van der Waals surface area contributed by atoms with Gasteiger partial charge in [0, 0.05) is 16.6 Å². The van der Waals surface area contributed by atoms with Gasteiger partial charge < -0.3 is 10.3 Å². The molecular formula is C25H22N2O2. The van der Waals surface area contributed by atoms with E-state index in [4.69, 9.17) is 0 Å². The molecular weight excluding hydrogens is 360 g/mol. The molecule has 4 heteroatoms. The van der Waals surface area contributed by atoms with E-state index < -0.39 is 0 Å². The lowest BCUT2D eigenvalue weighted by Gasteiger charge is -2.09. The monoisotopic (exact) mass is 382 g/mol. The van der Waals surface area contributed by atoms with Crippen LogP contribution in [0.2, 0.25) is 0 Å². The predicted octanol–water partition coefficient (Wildman–Crippen LogP) is 4.99. The Morgan fingerprint density at radius 3 is 2.28 bits per heavy atom. The quantitative estimate of drug-likeness (QED) is 0.522. The van der Waals surface area contributed by atoms with Gasteiger partial charge in [-0.25, -0.2) is 0 Å². The molecule has 0 atom stereocenters. The van der Waals surface area contributed by atoms with Crippen LogP contribution >= 0.6 is 0 Å². The number of amides is 1. The molecule has 0 aliphatic carbocycles. The maximum Gasteiger partial charge on any atom is 0.251 e. The summed E-state index contributed by atoms with van der Waals surface area (Å²) in [5.74, 6) is -0.0945.